The lowest BCUT2D eigenvalue weighted by Crippen LogP contribution is -2.40. The van der Waals surface area contributed by atoms with Crippen molar-refractivity contribution in [2.45, 2.75) is 15.9 Å². The summed E-state index contributed by atoms with van der Waals surface area (Å²) >= 11 is 1.25. The molecule has 1 aliphatic rings. The number of pyridine rings is 1. The van der Waals surface area contributed by atoms with Crippen LogP contribution in [0, 0.1) is 0 Å². The van der Waals surface area contributed by atoms with E-state index in [0.29, 0.717) is 16.2 Å². The highest BCUT2D eigenvalue weighted by molar-refractivity contribution is 8.01. The highest BCUT2D eigenvalue weighted by Crippen LogP contribution is 2.51. The van der Waals surface area contributed by atoms with Gasteiger partial charge in [-0.1, -0.05) is 60.3 Å². The predicted octanol–water partition coefficient (Wildman–Crippen LogP) is 3.12. The van der Waals surface area contributed by atoms with Gasteiger partial charge in [0.15, 0.2) is 0 Å². The van der Waals surface area contributed by atoms with Gasteiger partial charge in [0.25, 0.3) is 0 Å². The number of aromatic nitrogens is 1. The Kier molecular flexibility index (Phi) is 3.55. The number of carbonyl (C=O) groups is 1. The molecule has 0 amide bonds. The van der Waals surface area contributed by atoms with E-state index in [1.54, 1.807) is 0 Å². The number of aliphatic hydroxyl groups is 1. The Morgan fingerprint density at radius 3 is 2.62 bits per heavy atom. The Labute approximate surface area is 143 Å². The molecule has 3 aromatic rings. The van der Waals surface area contributed by atoms with Crippen LogP contribution < -0.4 is 0 Å². The smallest absolute Gasteiger partial charge is 0.322 e. The van der Waals surface area contributed by atoms with Crippen molar-refractivity contribution in [3.05, 3.63) is 71.8 Å². The summed E-state index contributed by atoms with van der Waals surface area (Å²) in [6, 6.07) is 18.8. The normalized spacial score (nSPS) is 22.3. The second kappa shape index (κ2) is 5.61. The molecule has 0 radical (unpaired) electrons. The number of thioether (sulfide) groups is 1. The highest BCUT2D eigenvalue weighted by Gasteiger charge is 2.53. The lowest BCUT2D eigenvalue weighted by atomic mass is 9.84. The van der Waals surface area contributed by atoms with Gasteiger partial charge in [-0.15, -0.1) is 0 Å². The Balaban J connectivity index is 1.98. The molecule has 0 fully saturated rings. The fourth-order valence-corrected chi connectivity index (χ4v) is 4.47. The maximum atomic E-state index is 12.3. The topological polar surface area (TPSA) is 59.4 Å². The van der Waals surface area contributed by atoms with Gasteiger partial charge in [-0.05, 0) is 17.7 Å². The number of ether oxygens (including phenoxy) is 1. The van der Waals surface area contributed by atoms with Crippen LogP contribution in [0.25, 0.3) is 10.9 Å². The van der Waals surface area contributed by atoms with Gasteiger partial charge in [-0.3, -0.25) is 4.79 Å². The third-order valence-corrected chi connectivity index (χ3v) is 5.64. The number of hydrogen-bond donors (Lipinski definition) is 1. The van der Waals surface area contributed by atoms with E-state index in [-0.39, 0.29) is 0 Å². The zero-order valence-electron chi connectivity index (χ0n) is 13.0. The van der Waals surface area contributed by atoms with Crippen LogP contribution in [0.5, 0.6) is 0 Å². The average Bonchev–Trinajstić information content (AvgIpc) is 2.93. The van der Waals surface area contributed by atoms with Crippen LogP contribution in [-0.4, -0.2) is 28.4 Å². The summed E-state index contributed by atoms with van der Waals surface area (Å²) in [6.45, 7) is 0. The van der Waals surface area contributed by atoms with Gasteiger partial charge in [-0.25, -0.2) is 4.98 Å². The van der Waals surface area contributed by atoms with Gasteiger partial charge in [0.1, 0.15) is 15.9 Å². The van der Waals surface area contributed by atoms with Gasteiger partial charge >= 0.3 is 5.97 Å². The van der Waals surface area contributed by atoms with E-state index in [1.165, 1.54) is 18.9 Å². The van der Waals surface area contributed by atoms with Crippen molar-refractivity contribution in [1.29, 1.82) is 0 Å². The minimum absolute atomic E-state index is 0.464. The lowest BCUT2D eigenvalue weighted by Gasteiger charge is -2.29. The van der Waals surface area contributed by atoms with Gasteiger partial charge in [0.2, 0.25) is 0 Å². The van der Waals surface area contributed by atoms with Gasteiger partial charge < -0.3 is 9.84 Å². The quantitative estimate of drug-likeness (QED) is 0.728. The number of para-hydroxylation sites is 1. The van der Waals surface area contributed by atoms with Crippen molar-refractivity contribution in [2.24, 2.45) is 0 Å². The molecule has 0 unspecified atom stereocenters. The number of carbonyl (C=O) groups excluding carboxylic acids is 1. The number of rotatable bonds is 2. The molecule has 2 heterocycles. The molecule has 5 heteroatoms. The SMILES string of the molecule is COC(=O)[C@H]1Sc2nc3ccccc3cc2[C@@]1(O)c1ccccc1. The van der Waals surface area contributed by atoms with E-state index in [1.807, 2.05) is 60.7 Å². The van der Waals surface area contributed by atoms with Crippen molar-refractivity contribution >= 4 is 28.6 Å². The predicted molar refractivity (Wildman–Crippen MR) is 92.8 cm³/mol. The molecule has 0 spiro atoms. The minimum atomic E-state index is -1.47. The van der Waals surface area contributed by atoms with Crippen LogP contribution in [0.4, 0.5) is 0 Å². The average molecular weight is 337 g/mol. The number of methoxy groups -OCH3 is 1. The zero-order chi connectivity index (χ0) is 16.7. The fraction of sp³-hybridized carbons (Fsp3) is 0.158. The molecule has 2 atom stereocenters. The van der Waals surface area contributed by atoms with Crippen LogP contribution in [0.15, 0.2) is 65.7 Å². The van der Waals surface area contributed by atoms with Gasteiger partial charge in [-0.2, -0.15) is 0 Å². The molecule has 120 valence electrons. The maximum absolute atomic E-state index is 12.3. The molecule has 1 N–H and O–H groups in total. The first-order valence-electron chi connectivity index (χ1n) is 7.57. The van der Waals surface area contributed by atoms with Crippen LogP contribution in [-0.2, 0) is 15.1 Å². The van der Waals surface area contributed by atoms with Crippen LogP contribution in [0.3, 0.4) is 0 Å². The molecule has 0 bridgehead atoms. The van der Waals surface area contributed by atoms with Gasteiger partial charge in [0, 0.05) is 10.9 Å². The first-order chi connectivity index (χ1) is 11.6. The van der Waals surface area contributed by atoms with Crippen LogP contribution in [0.2, 0.25) is 0 Å². The van der Waals surface area contributed by atoms with Crippen molar-refractivity contribution in [2.75, 3.05) is 7.11 Å². The van der Waals surface area contributed by atoms with Crippen molar-refractivity contribution in [3.63, 3.8) is 0 Å². The van der Waals surface area contributed by atoms with E-state index in [2.05, 4.69) is 4.98 Å². The summed E-state index contributed by atoms with van der Waals surface area (Å²) < 4.78 is 4.93. The van der Waals surface area contributed by atoms with E-state index in [9.17, 15) is 9.90 Å². The van der Waals surface area contributed by atoms with E-state index in [0.717, 1.165) is 10.9 Å². The molecule has 4 nitrogen and oxygen atoms in total. The molecule has 4 rings (SSSR count). The van der Waals surface area contributed by atoms with Gasteiger partial charge in [0.05, 0.1) is 12.6 Å². The highest BCUT2D eigenvalue weighted by atomic mass is 32.2. The van der Waals surface area contributed by atoms with Crippen LogP contribution >= 0.6 is 11.8 Å². The first kappa shape index (κ1) is 15.2. The molecule has 0 saturated carbocycles. The Morgan fingerprint density at radius 2 is 1.88 bits per heavy atom. The number of nitrogens with zero attached hydrogens (tertiary/aromatic N) is 1. The van der Waals surface area contributed by atoms with E-state index in [4.69, 9.17) is 4.74 Å². The number of esters is 1. The monoisotopic (exact) mass is 337 g/mol. The minimum Gasteiger partial charge on any atom is -0.468 e. The molecule has 1 aromatic heterocycles. The summed E-state index contributed by atoms with van der Waals surface area (Å²) in [5, 5.41) is 12.4. The zero-order valence-corrected chi connectivity index (χ0v) is 13.8. The van der Waals surface area contributed by atoms with E-state index < -0.39 is 16.8 Å². The number of fused-ring (bicyclic) bond motifs is 2. The van der Waals surface area contributed by atoms with Crippen molar-refractivity contribution < 1.29 is 14.6 Å². The number of hydrogen-bond acceptors (Lipinski definition) is 5. The summed E-state index contributed by atoms with van der Waals surface area (Å²) in [5.41, 5.74) is 0.673. The largest absolute Gasteiger partial charge is 0.468 e. The van der Waals surface area contributed by atoms with Crippen molar-refractivity contribution in [1.82, 2.24) is 4.98 Å². The summed E-state index contributed by atoms with van der Waals surface area (Å²) in [7, 11) is 1.33. The third kappa shape index (κ3) is 2.12. The van der Waals surface area contributed by atoms with E-state index >= 15 is 0 Å². The molecule has 2 aromatic carbocycles. The molecule has 0 aliphatic carbocycles. The fourth-order valence-electron chi connectivity index (χ4n) is 3.12. The summed E-state index contributed by atoms with van der Waals surface area (Å²) in [6.07, 6.45) is 0. The molecular weight excluding hydrogens is 322 g/mol. The lowest BCUT2D eigenvalue weighted by molar-refractivity contribution is -0.143. The molecule has 0 saturated heterocycles. The van der Waals surface area contributed by atoms with Crippen molar-refractivity contribution in [3.8, 4) is 0 Å². The molecule has 24 heavy (non-hydrogen) atoms. The Hall–Kier alpha value is -2.37. The third-order valence-electron chi connectivity index (χ3n) is 4.34. The number of benzene rings is 2. The second-order valence-electron chi connectivity index (χ2n) is 5.69. The maximum Gasteiger partial charge on any atom is 0.322 e. The molecular formula is C19H15NO3S. The summed E-state index contributed by atoms with van der Waals surface area (Å²) in [5.74, 6) is -0.464. The standard InChI is InChI=1S/C19H15NO3S/c1-23-18(21)16-19(22,13-8-3-2-4-9-13)14-11-12-7-5-6-10-15(12)20-17(14)24-16/h2-11,16,22H,1H3/t16-,19+/m1/s1. The second-order valence-corrected chi connectivity index (χ2v) is 6.78. The Morgan fingerprint density at radius 1 is 1.17 bits per heavy atom. The molecule has 1 aliphatic heterocycles. The summed E-state index contributed by atoms with van der Waals surface area (Å²) in [4.78, 5) is 17.0. The Bertz CT molecular complexity index is 928. The van der Waals surface area contributed by atoms with Crippen LogP contribution in [0.1, 0.15) is 11.1 Å². The first-order valence-corrected chi connectivity index (χ1v) is 8.45.